The summed E-state index contributed by atoms with van der Waals surface area (Å²) >= 11 is 0. The molecular formula is C17H25N3O2. The Morgan fingerprint density at radius 2 is 1.82 bits per heavy atom. The quantitative estimate of drug-likeness (QED) is 0.854. The van der Waals surface area contributed by atoms with Crippen LogP contribution in [0.3, 0.4) is 0 Å². The highest BCUT2D eigenvalue weighted by Gasteiger charge is 2.19. The van der Waals surface area contributed by atoms with Gasteiger partial charge in [-0.15, -0.1) is 0 Å². The van der Waals surface area contributed by atoms with Gasteiger partial charge in [-0.3, -0.25) is 4.68 Å². The number of hydrogen-bond donors (Lipinski definition) is 1. The lowest BCUT2D eigenvalue weighted by atomic mass is 9.95. The Morgan fingerprint density at radius 3 is 2.36 bits per heavy atom. The average Bonchev–Trinajstić information content (AvgIpc) is 2.82. The van der Waals surface area contributed by atoms with Crippen LogP contribution in [0.5, 0.6) is 11.5 Å². The fourth-order valence-electron chi connectivity index (χ4n) is 2.67. The van der Waals surface area contributed by atoms with E-state index in [1.807, 2.05) is 50.7 Å². The molecule has 0 saturated heterocycles. The van der Waals surface area contributed by atoms with E-state index >= 15 is 0 Å². The predicted octanol–water partition coefficient (Wildman–Crippen LogP) is 2.62. The van der Waals surface area contributed by atoms with E-state index in [4.69, 9.17) is 15.2 Å². The maximum atomic E-state index is 6.02. The zero-order chi connectivity index (χ0) is 16.1. The number of hydrogen-bond acceptors (Lipinski definition) is 4. The fourth-order valence-corrected chi connectivity index (χ4v) is 2.67. The number of nitrogens with zero attached hydrogens (tertiary/aromatic N) is 2. The highest BCUT2D eigenvalue weighted by atomic mass is 16.5. The summed E-state index contributed by atoms with van der Waals surface area (Å²) in [7, 11) is 1.95. The maximum Gasteiger partial charge on any atom is 0.161 e. The summed E-state index contributed by atoms with van der Waals surface area (Å²) in [5, 5.41) is 4.42. The molecule has 2 rings (SSSR count). The molecule has 5 heteroatoms. The van der Waals surface area contributed by atoms with Gasteiger partial charge >= 0.3 is 0 Å². The van der Waals surface area contributed by atoms with Gasteiger partial charge in [0.15, 0.2) is 11.5 Å². The molecule has 0 bridgehead atoms. The molecule has 1 atom stereocenters. The van der Waals surface area contributed by atoms with Gasteiger partial charge in [0.25, 0.3) is 0 Å². The van der Waals surface area contributed by atoms with Gasteiger partial charge in [-0.2, -0.15) is 5.10 Å². The van der Waals surface area contributed by atoms with Crippen molar-refractivity contribution in [2.24, 2.45) is 12.8 Å². The minimum absolute atomic E-state index is 0.0843. The van der Waals surface area contributed by atoms with Gasteiger partial charge in [-0.05, 0) is 44.5 Å². The summed E-state index contributed by atoms with van der Waals surface area (Å²) in [5.74, 6) is 1.62. The van der Waals surface area contributed by atoms with Gasteiger partial charge < -0.3 is 15.2 Å². The third-order valence-electron chi connectivity index (χ3n) is 3.60. The van der Waals surface area contributed by atoms with Gasteiger partial charge in [0.1, 0.15) is 0 Å². The van der Waals surface area contributed by atoms with Crippen molar-refractivity contribution >= 4 is 0 Å². The van der Waals surface area contributed by atoms with E-state index in [1.54, 1.807) is 0 Å². The molecule has 0 spiro atoms. The second-order valence-corrected chi connectivity index (χ2v) is 5.19. The molecule has 0 aliphatic carbocycles. The molecule has 0 saturated carbocycles. The van der Waals surface area contributed by atoms with Crippen molar-refractivity contribution in [3.05, 3.63) is 41.2 Å². The Bertz CT molecular complexity index is 622. The molecular weight excluding hydrogens is 278 g/mol. The van der Waals surface area contributed by atoms with Gasteiger partial charge in [0.2, 0.25) is 0 Å². The largest absolute Gasteiger partial charge is 0.490 e. The summed E-state index contributed by atoms with van der Waals surface area (Å²) < 4.78 is 13.2. The molecule has 0 aliphatic heterocycles. The fraction of sp³-hybridized carbons (Fsp3) is 0.471. The average molecular weight is 303 g/mol. The van der Waals surface area contributed by atoms with Crippen molar-refractivity contribution in [1.29, 1.82) is 0 Å². The summed E-state index contributed by atoms with van der Waals surface area (Å²) in [5.41, 5.74) is 9.23. The van der Waals surface area contributed by atoms with Crippen LogP contribution in [0.2, 0.25) is 0 Å². The first-order valence-corrected chi connectivity index (χ1v) is 7.70. The third kappa shape index (κ3) is 3.42. The molecule has 22 heavy (non-hydrogen) atoms. The molecule has 120 valence electrons. The molecule has 2 N–H and O–H groups in total. The summed E-state index contributed by atoms with van der Waals surface area (Å²) in [6.45, 7) is 7.64. The number of rotatable bonds is 7. The van der Waals surface area contributed by atoms with Crippen LogP contribution in [0.1, 0.15) is 36.7 Å². The molecule has 0 aliphatic rings. The number of aryl methyl sites for hydroxylation is 2. The smallest absolute Gasteiger partial charge is 0.161 e. The van der Waals surface area contributed by atoms with Crippen LogP contribution in [0.15, 0.2) is 24.3 Å². The van der Waals surface area contributed by atoms with Crippen molar-refractivity contribution in [1.82, 2.24) is 9.78 Å². The van der Waals surface area contributed by atoms with E-state index in [-0.39, 0.29) is 5.92 Å². The molecule has 2 aromatic rings. The Kier molecular flexibility index (Phi) is 5.44. The van der Waals surface area contributed by atoms with Crippen LogP contribution >= 0.6 is 0 Å². The number of aromatic nitrogens is 2. The lowest BCUT2D eigenvalue weighted by Crippen LogP contribution is -2.17. The minimum Gasteiger partial charge on any atom is -0.490 e. The second-order valence-electron chi connectivity index (χ2n) is 5.19. The van der Waals surface area contributed by atoms with E-state index in [1.165, 1.54) is 0 Å². The van der Waals surface area contributed by atoms with Crippen molar-refractivity contribution in [3.8, 4) is 11.5 Å². The van der Waals surface area contributed by atoms with E-state index in [0.717, 1.165) is 28.5 Å². The topological polar surface area (TPSA) is 62.3 Å². The minimum atomic E-state index is 0.0843. The van der Waals surface area contributed by atoms with E-state index in [2.05, 4.69) is 11.2 Å². The molecule has 1 unspecified atom stereocenters. The number of ether oxygens (including phenoxy) is 2. The maximum absolute atomic E-state index is 6.02. The van der Waals surface area contributed by atoms with E-state index in [9.17, 15) is 0 Å². The van der Waals surface area contributed by atoms with E-state index < -0.39 is 0 Å². The highest BCUT2D eigenvalue weighted by molar-refractivity contribution is 5.46. The van der Waals surface area contributed by atoms with Gasteiger partial charge in [-0.25, -0.2) is 0 Å². The first-order chi connectivity index (χ1) is 10.6. The first-order valence-electron chi connectivity index (χ1n) is 7.70. The summed E-state index contributed by atoms with van der Waals surface area (Å²) in [6, 6.07) is 8.10. The van der Waals surface area contributed by atoms with Crippen LogP contribution in [0, 0.1) is 6.92 Å². The molecule has 0 amide bonds. The van der Waals surface area contributed by atoms with Gasteiger partial charge in [0, 0.05) is 25.2 Å². The van der Waals surface area contributed by atoms with Crippen molar-refractivity contribution in [3.63, 3.8) is 0 Å². The van der Waals surface area contributed by atoms with Crippen LogP contribution in [0.4, 0.5) is 0 Å². The Morgan fingerprint density at radius 1 is 1.14 bits per heavy atom. The molecule has 0 radical (unpaired) electrons. The molecule has 5 nitrogen and oxygen atoms in total. The molecule has 0 fully saturated rings. The molecule has 1 aromatic heterocycles. The lowest BCUT2D eigenvalue weighted by molar-refractivity contribution is 0.287. The lowest BCUT2D eigenvalue weighted by Gasteiger charge is -2.18. The first kappa shape index (κ1) is 16.4. The molecule has 1 aromatic carbocycles. The summed E-state index contributed by atoms with van der Waals surface area (Å²) in [4.78, 5) is 0. The summed E-state index contributed by atoms with van der Waals surface area (Å²) in [6.07, 6.45) is 0. The third-order valence-corrected chi connectivity index (χ3v) is 3.60. The highest BCUT2D eigenvalue weighted by Crippen LogP contribution is 2.33. The van der Waals surface area contributed by atoms with Crippen LogP contribution < -0.4 is 15.2 Å². The van der Waals surface area contributed by atoms with Crippen molar-refractivity contribution in [2.45, 2.75) is 26.7 Å². The number of nitrogens with two attached hydrogens (primary N) is 1. The van der Waals surface area contributed by atoms with Crippen molar-refractivity contribution < 1.29 is 9.47 Å². The van der Waals surface area contributed by atoms with Gasteiger partial charge in [-0.1, -0.05) is 6.07 Å². The molecule has 1 heterocycles. The van der Waals surface area contributed by atoms with E-state index in [0.29, 0.717) is 19.8 Å². The standard InChI is InChI=1S/C17H25N3O2/c1-5-21-16-8-7-13(10-17(16)22-6-2)14(11-18)15-9-12(3)19-20(15)4/h7-10,14H,5-6,11,18H2,1-4H3. The second kappa shape index (κ2) is 7.31. The Labute approximate surface area is 132 Å². The van der Waals surface area contributed by atoms with Crippen LogP contribution in [-0.2, 0) is 7.05 Å². The van der Waals surface area contributed by atoms with Crippen LogP contribution in [0.25, 0.3) is 0 Å². The zero-order valence-corrected chi connectivity index (χ0v) is 13.8. The van der Waals surface area contributed by atoms with Crippen molar-refractivity contribution in [2.75, 3.05) is 19.8 Å². The SMILES string of the molecule is CCOc1ccc(C(CN)c2cc(C)nn2C)cc1OCC. The zero-order valence-electron chi connectivity index (χ0n) is 13.8. The Hall–Kier alpha value is -2.01. The monoisotopic (exact) mass is 303 g/mol. The van der Waals surface area contributed by atoms with Crippen LogP contribution in [-0.4, -0.2) is 29.5 Å². The number of benzene rings is 1. The predicted molar refractivity (Wildman–Crippen MR) is 87.6 cm³/mol. The Balaban J connectivity index is 2.40. The van der Waals surface area contributed by atoms with Gasteiger partial charge in [0.05, 0.1) is 18.9 Å². The normalized spacial score (nSPS) is 12.2.